The second kappa shape index (κ2) is 9.29. The Labute approximate surface area is 162 Å². The fourth-order valence-corrected chi connectivity index (χ4v) is 3.96. The van der Waals surface area contributed by atoms with E-state index in [-0.39, 0.29) is 25.2 Å². The molecule has 7 nitrogen and oxygen atoms in total. The first-order chi connectivity index (χ1) is 13.1. The molecule has 3 rings (SSSR count). The first kappa shape index (κ1) is 19.8. The summed E-state index contributed by atoms with van der Waals surface area (Å²) in [5.41, 5.74) is 1.84. The number of anilines is 1. The lowest BCUT2D eigenvalue weighted by Crippen LogP contribution is -2.49. The minimum Gasteiger partial charge on any atom is -0.394 e. The molecule has 0 radical (unpaired) electrons. The zero-order chi connectivity index (χ0) is 19.2. The SMILES string of the molecule is CN(Cc1ccccc1)[C@@H]1[C@H](O)[C@H](CO)O[C@@H]1CNC(=O)Nc1ccsc1. The number of rotatable bonds is 7. The molecule has 4 atom stereocenters. The lowest BCUT2D eigenvalue weighted by molar-refractivity contribution is -0.0205. The number of carbonyl (C=O) groups excluding carboxylic acids is 1. The molecule has 0 saturated carbocycles. The lowest BCUT2D eigenvalue weighted by Gasteiger charge is -2.30. The van der Waals surface area contributed by atoms with Gasteiger partial charge in [-0.05, 0) is 24.1 Å². The van der Waals surface area contributed by atoms with Crippen molar-refractivity contribution < 1.29 is 19.7 Å². The Morgan fingerprint density at radius 1 is 1.26 bits per heavy atom. The molecule has 1 fully saturated rings. The van der Waals surface area contributed by atoms with E-state index in [1.807, 2.05) is 59.1 Å². The van der Waals surface area contributed by atoms with Gasteiger partial charge in [-0.1, -0.05) is 30.3 Å². The summed E-state index contributed by atoms with van der Waals surface area (Å²) in [5, 5.41) is 29.3. The van der Waals surface area contributed by atoms with Crippen LogP contribution < -0.4 is 10.6 Å². The van der Waals surface area contributed by atoms with Crippen LogP contribution >= 0.6 is 11.3 Å². The number of aliphatic hydroxyl groups is 2. The van der Waals surface area contributed by atoms with Crippen LogP contribution in [0.25, 0.3) is 0 Å². The maximum Gasteiger partial charge on any atom is 0.319 e. The van der Waals surface area contributed by atoms with Crippen LogP contribution in [0.4, 0.5) is 10.5 Å². The number of hydrogen-bond donors (Lipinski definition) is 4. The van der Waals surface area contributed by atoms with E-state index in [0.29, 0.717) is 6.54 Å². The highest BCUT2D eigenvalue weighted by molar-refractivity contribution is 7.08. The van der Waals surface area contributed by atoms with Gasteiger partial charge in [0, 0.05) is 18.5 Å². The van der Waals surface area contributed by atoms with E-state index in [4.69, 9.17) is 4.74 Å². The van der Waals surface area contributed by atoms with Gasteiger partial charge in [0.15, 0.2) is 0 Å². The molecule has 2 heterocycles. The molecule has 1 aromatic heterocycles. The standard InChI is InChI=1S/C19H25N3O4S/c1-22(10-13-5-3-2-4-6-13)17-15(26-16(11-23)18(17)24)9-20-19(25)21-14-7-8-27-12-14/h2-8,12,15-18,23-24H,9-11H2,1H3,(H2,20,21,25)/t15-,16+,17+,18-/m1/s1. The molecule has 1 aliphatic heterocycles. The molecule has 1 saturated heterocycles. The molecule has 146 valence electrons. The Morgan fingerprint density at radius 2 is 2.04 bits per heavy atom. The normalized spacial score (nSPS) is 24.9. The highest BCUT2D eigenvalue weighted by Gasteiger charge is 2.45. The van der Waals surface area contributed by atoms with Crippen LogP contribution in [-0.2, 0) is 11.3 Å². The summed E-state index contributed by atoms with van der Waals surface area (Å²) < 4.78 is 5.80. The number of aliphatic hydroxyl groups excluding tert-OH is 2. The number of urea groups is 1. The zero-order valence-electron chi connectivity index (χ0n) is 15.1. The summed E-state index contributed by atoms with van der Waals surface area (Å²) in [7, 11) is 1.91. The predicted octanol–water partition coefficient (Wildman–Crippen LogP) is 1.49. The monoisotopic (exact) mass is 391 g/mol. The topological polar surface area (TPSA) is 94.1 Å². The third kappa shape index (κ3) is 5.06. The quantitative estimate of drug-likeness (QED) is 0.574. The molecule has 27 heavy (non-hydrogen) atoms. The summed E-state index contributed by atoms with van der Waals surface area (Å²) in [5.74, 6) is 0. The summed E-state index contributed by atoms with van der Waals surface area (Å²) in [4.78, 5) is 14.1. The van der Waals surface area contributed by atoms with Gasteiger partial charge in [-0.3, -0.25) is 4.90 Å². The van der Waals surface area contributed by atoms with Crippen molar-refractivity contribution in [1.82, 2.24) is 10.2 Å². The van der Waals surface area contributed by atoms with Crippen LogP contribution in [0.3, 0.4) is 0 Å². The molecule has 0 aliphatic carbocycles. The molecule has 2 aromatic rings. The molecule has 1 aliphatic rings. The number of amides is 2. The Hall–Kier alpha value is -1.97. The van der Waals surface area contributed by atoms with Gasteiger partial charge in [-0.25, -0.2) is 4.79 Å². The van der Waals surface area contributed by atoms with Crippen molar-refractivity contribution in [2.75, 3.05) is 25.5 Å². The Bertz CT molecular complexity index is 713. The number of ether oxygens (including phenoxy) is 1. The molecule has 2 amide bonds. The average molecular weight is 391 g/mol. The molecule has 0 bridgehead atoms. The first-order valence-corrected chi connectivity index (χ1v) is 9.78. The van der Waals surface area contributed by atoms with Crippen molar-refractivity contribution in [3.63, 3.8) is 0 Å². The van der Waals surface area contributed by atoms with Gasteiger partial charge in [0.2, 0.25) is 0 Å². The zero-order valence-corrected chi connectivity index (χ0v) is 15.9. The number of hydrogen-bond acceptors (Lipinski definition) is 6. The summed E-state index contributed by atoms with van der Waals surface area (Å²) in [6.07, 6.45) is -1.94. The third-order valence-electron chi connectivity index (χ3n) is 4.67. The average Bonchev–Trinajstić information content (AvgIpc) is 3.28. The predicted molar refractivity (Wildman–Crippen MR) is 105 cm³/mol. The first-order valence-electron chi connectivity index (χ1n) is 8.84. The number of carbonyl (C=O) groups is 1. The van der Waals surface area contributed by atoms with E-state index in [0.717, 1.165) is 11.3 Å². The summed E-state index contributed by atoms with van der Waals surface area (Å²) in [6.45, 7) is 0.587. The molecule has 0 spiro atoms. The van der Waals surface area contributed by atoms with Crippen molar-refractivity contribution in [2.45, 2.75) is 30.9 Å². The van der Waals surface area contributed by atoms with E-state index < -0.39 is 18.3 Å². The van der Waals surface area contributed by atoms with Crippen LogP contribution in [0, 0.1) is 0 Å². The Kier molecular flexibility index (Phi) is 6.81. The largest absolute Gasteiger partial charge is 0.394 e. The van der Waals surface area contributed by atoms with E-state index in [1.165, 1.54) is 11.3 Å². The number of nitrogens with one attached hydrogen (secondary N) is 2. The number of benzene rings is 1. The van der Waals surface area contributed by atoms with Crippen molar-refractivity contribution in [2.24, 2.45) is 0 Å². The van der Waals surface area contributed by atoms with Crippen LogP contribution in [-0.4, -0.2) is 65.7 Å². The van der Waals surface area contributed by atoms with Gasteiger partial charge in [0.25, 0.3) is 0 Å². The Balaban J connectivity index is 1.61. The molecule has 1 aromatic carbocycles. The van der Waals surface area contributed by atoms with Gasteiger partial charge < -0.3 is 25.6 Å². The minimum atomic E-state index is -0.838. The lowest BCUT2D eigenvalue weighted by atomic mass is 10.0. The Morgan fingerprint density at radius 3 is 2.70 bits per heavy atom. The molecular weight excluding hydrogens is 366 g/mol. The van der Waals surface area contributed by atoms with Crippen molar-refractivity contribution in [1.29, 1.82) is 0 Å². The van der Waals surface area contributed by atoms with Gasteiger partial charge in [-0.15, -0.1) is 0 Å². The van der Waals surface area contributed by atoms with Crippen molar-refractivity contribution in [3.05, 3.63) is 52.7 Å². The smallest absolute Gasteiger partial charge is 0.319 e. The van der Waals surface area contributed by atoms with Crippen LogP contribution in [0.2, 0.25) is 0 Å². The van der Waals surface area contributed by atoms with E-state index in [9.17, 15) is 15.0 Å². The van der Waals surface area contributed by atoms with E-state index in [1.54, 1.807) is 0 Å². The van der Waals surface area contributed by atoms with Crippen LogP contribution in [0.1, 0.15) is 5.56 Å². The summed E-state index contributed by atoms with van der Waals surface area (Å²) in [6, 6.07) is 11.1. The molecule has 0 unspecified atom stereocenters. The number of likely N-dealkylation sites (N-methyl/N-ethyl adjacent to an activating group) is 1. The van der Waals surface area contributed by atoms with Crippen LogP contribution in [0.15, 0.2) is 47.2 Å². The van der Waals surface area contributed by atoms with Gasteiger partial charge in [0.1, 0.15) is 12.2 Å². The minimum absolute atomic E-state index is 0.229. The van der Waals surface area contributed by atoms with Gasteiger partial charge in [-0.2, -0.15) is 11.3 Å². The van der Waals surface area contributed by atoms with E-state index >= 15 is 0 Å². The highest BCUT2D eigenvalue weighted by Crippen LogP contribution is 2.26. The maximum absolute atomic E-state index is 12.1. The molecule has 8 heteroatoms. The maximum atomic E-state index is 12.1. The fourth-order valence-electron chi connectivity index (χ4n) is 3.37. The molecular formula is C19H25N3O4S. The highest BCUT2D eigenvalue weighted by atomic mass is 32.1. The van der Waals surface area contributed by atoms with E-state index in [2.05, 4.69) is 10.6 Å². The number of nitrogens with zero attached hydrogens (tertiary/aromatic N) is 1. The second-order valence-electron chi connectivity index (χ2n) is 6.62. The number of thiophene rings is 1. The second-order valence-corrected chi connectivity index (χ2v) is 7.40. The van der Waals surface area contributed by atoms with Gasteiger partial charge >= 0.3 is 6.03 Å². The van der Waals surface area contributed by atoms with Crippen molar-refractivity contribution in [3.8, 4) is 0 Å². The summed E-state index contributed by atoms with van der Waals surface area (Å²) >= 11 is 1.50. The van der Waals surface area contributed by atoms with Gasteiger partial charge in [0.05, 0.1) is 24.4 Å². The van der Waals surface area contributed by atoms with Crippen molar-refractivity contribution >= 4 is 23.1 Å². The fraction of sp³-hybridized carbons (Fsp3) is 0.421. The molecule has 4 N–H and O–H groups in total. The van der Waals surface area contributed by atoms with Crippen LogP contribution in [0.5, 0.6) is 0 Å². The third-order valence-corrected chi connectivity index (χ3v) is 5.35.